The van der Waals surface area contributed by atoms with Crippen LogP contribution >= 0.6 is 12.2 Å². The molecule has 0 saturated heterocycles. The Morgan fingerprint density at radius 3 is 2.70 bits per heavy atom. The van der Waals surface area contributed by atoms with E-state index in [4.69, 9.17) is 26.4 Å². The molecule has 0 aromatic heterocycles. The van der Waals surface area contributed by atoms with Gasteiger partial charge in [-0.15, -0.1) is 0 Å². The third-order valence-electron chi connectivity index (χ3n) is 4.97. The first-order valence-corrected chi connectivity index (χ1v) is 10.4. The minimum atomic E-state index is -0.343. The summed E-state index contributed by atoms with van der Waals surface area (Å²) < 4.78 is 16.5. The Morgan fingerprint density at radius 2 is 2.03 bits per heavy atom. The van der Waals surface area contributed by atoms with Gasteiger partial charge in [-0.05, 0) is 75.8 Å². The molecule has 1 heterocycles. The van der Waals surface area contributed by atoms with Crippen LogP contribution in [-0.4, -0.2) is 30.4 Å². The van der Waals surface area contributed by atoms with Gasteiger partial charge in [0.15, 0.2) is 5.11 Å². The summed E-state index contributed by atoms with van der Waals surface area (Å²) in [4.78, 5) is 11.9. The Kier molecular flexibility index (Phi) is 6.51. The van der Waals surface area contributed by atoms with Crippen LogP contribution in [0, 0.1) is 6.92 Å². The minimum absolute atomic E-state index is 0.00577. The van der Waals surface area contributed by atoms with E-state index in [-0.39, 0.29) is 17.6 Å². The van der Waals surface area contributed by atoms with Crippen LogP contribution in [0.15, 0.2) is 36.4 Å². The first-order valence-electron chi connectivity index (χ1n) is 9.94. The molecule has 1 atom stereocenters. The standard InChI is InChI=1S/C23H28N2O4S/c1-6-28-21(26)15-7-10-18(14(2)11-15)24-22(30)25-19-13-23(3,4)29-20-12-16(27-5)8-9-17(19)20/h7-12,19H,6,13H2,1-5H3,(H2,24,25,30)/t19-/m0/s1. The smallest absolute Gasteiger partial charge is 0.338 e. The van der Waals surface area contributed by atoms with E-state index in [1.165, 1.54) is 0 Å². The van der Waals surface area contributed by atoms with Crippen molar-refractivity contribution in [1.29, 1.82) is 0 Å². The van der Waals surface area contributed by atoms with Gasteiger partial charge in [0.05, 0.1) is 25.3 Å². The zero-order valence-electron chi connectivity index (χ0n) is 18.0. The van der Waals surface area contributed by atoms with Gasteiger partial charge in [0.25, 0.3) is 0 Å². The van der Waals surface area contributed by atoms with Crippen molar-refractivity contribution in [3.63, 3.8) is 0 Å². The molecule has 0 aliphatic carbocycles. The van der Waals surface area contributed by atoms with Crippen LogP contribution in [0.3, 0.4) is 0 Å². The number of hydrogen-bond acceptors (Lipinski definition) is 5. The maximum absolute atomic E-state index is 11.9. The Morgan fingerprint density at radius 1 is 1.27 bits per heavy atom. The maximum atomic E-state index is 11.9. The van der Waals surface area contributed by atoms with Crippen LogP contribution in [0.4, 0.5) is 5.69 Å². The van der Waals surface area contributed by atoms with Gasteiger partial charge in [-0.25, -0.2) is 4.79 Å². The van der Waals surface area contributed by atoms with Crippen molar-refractivity contribution in [3.8, 4) is 11.5 Å². The third kappa shape index (κ3) is 5.02. The fourth-order valence-corrected chi connectivity index (χ4v) is 3.80. The quantitative estimate of drug-likeness (QED) is 0.525. The average molecular weight is 429 g/mol. The summed E-state index contributed by atoms with van der Waals surface area (Å²) in [7, 11) is 1.64. The van der Waals surface area contributed by atoms with Crippen LogP contribution in [0.25, 0.3) is 0 Å². The molecule has 160 valence electrons. The van der Waals surface area contributed by atoms with Gasteiger partial charge >= 0.3 is 5.97 Å². The lowest BCUT2D eigenvalue weighted by atomic mass is 9.89. The number of aryl methyl sites for hydroxylation is 1. The second kappa shape index (κ2) is 8.92. The molecule has 6 nitrogen and oxygen atoms in total. The molecule has 0 saturated carbocycles. The molecule has 30 heavy (non-hydrogen) atoms. The van der Waals surface area contributed by atoms with Gasteiger partial charge in [0, 0.05) is 23.7 Å². The summed E-state index contributed by atoms with van der Waals surface area (Å²) in [6.07, 6.45) is 0.759. The number of esters is 1. The first kappa shape index (κ1) is 21.9. The highest BCUT2D eigenvalue weighted by molar-refractivity contribution is 7.80. The van der Waals surface area contributed by atoms with E-state index < -0.39 is 0 Å². The molecule has 7 heteroatoms. The zero-order valence-corrected chi connectivity index (χ0v) is 18.8. The fourth-order valence-electron chi connectivity index (χ4n) is 3.55. The van der Waals surface area contributed by atoms with Crippen molar-refractivity contribution in [2.45, 2.75) is 45.8 Å². The number of rotatable bonds is 5. The Balaban J connectivity index is 1.74. The van der Waals surface area contributed by atoms with E-state index in [0.717, 1.165) is 34.7 Å². The summed E-state index contributed by atoms with van der Waals surface area (Å²) >= 11 is 5.58. The number of nitrogens with one attached hydrogen (secondary N) is 2. The van der Waals surface area contributed by atoms with E-state index in [0.29, 0.717) is 17.3 Å². The van der Waals surface area contributed by atoms with E-state index in [1.807, 2.05) is 31.2 Å². The maximum Gasteiger partial charge on any atom is 0.338 e. The number of anilines is 1. The lowest BCUT2D eigenvalue weighted by Gasteiger charge is -2.38. The van der Waals surface area contributed by atoms with Gasteiger partial charge < -0.3 is 24.8 Å². The van der Waals surface area contributed by atoms with Crippen LogP contribution < -0.4 is 20.1 Å². The Bertz CT molecular complexity index is 958. The SMILES string of the molecule is CCOC(=O)c1ccc(NC(=S)N[C@H]2CC(C)(C)Oc3cc(OC)ccc32)c(C)c1. The van der Waals surface area contributed by atoms with E-state index in [2.05, 4.69) is 24.5 Å². The van der Waals surface area contributed by atoms with Gasteiger partial charge in [0.2, 0.25) is 0 Å². The summed E-state index contributed by atoms with van der Waals surface area (Å²) in [5.74, 6) is 1.22. The lowest BCUT2D eigenvalue weighted by Crippen LogP contribution is -2.42. The number of carbonyl (C=O) groups is 1. The predicted molar refractivity (Wildman–Crippen MR) is 122 cm³/mol. The van der Waals surface area contributed by atoms with Crippen LogP contribution in [0.1, 0.15) is 54.7 Å². The summed E-state index contributed by atoms with van der Waals surface area (Å²) in [5, 5.41) is 7.15. The molecule has 0 bridgehead atoms. The van der Waals surface area contributed by atoms with Gasteiger partial charge in [-0.2, -0.15) is 0 Å². The molecule has 0 fully saturated rings. The van der Waals surface area contributed by atoms with Crippen molar-refractivity contribution < 1.29 is 19.0 Å². The predicted octanol–water partition coefficient (Wildman–Crippen LogP) is 4.77. The number of fused-ring (bicyclic) bond motifs is 1. The van der Waals surface area contributed by atoms with Gasteiger partial charge in [-0.3, -0.25) is 0 Å². The second-order valence-corrected chi connectivity index (χ2v) is 8.28. The molecule has 1 aliphatic rings. The van der Waals surface area contributed by atoms with Crippen LogP contribution in [0.5, 0.6) is 11.5 Å². The molecule has 2 N–H and O–H groups in total. The number of methoxy groups -OCH3 is 1. The molecule has 0 spiro atoms. The molecule has 3 rings (SSSR count). The van der Waals surface area contributed by atoms with Crippen LogP contribution in [0.2, 0.25) is 0 Å². The molecular weight excluding hydrogens is 400 g/mol. The van der Waals surface area contributed by atoms with E-state index in [9.17, 15) is 4.79 Å². The number of benzene rings is 2. The molecular formula is C23H28N2O4S. The molecule has 0 unspecified atom stereocenters. The van der Waals surface area contributed by atoms with Crippen molar-refractivity contribution >= 4 is 29.0 Å². The largest absolute Gasteiger partial charge is 0.497 e. The Hall–Kier alpha value is -2.80. The highest BCUT2D eigenvalue weighted by Gasteiger charge is 2.34. The second-order valence-electron chi connectivity index (χ2n) is 7.87. The van der Waals surface area contributed by atoms with Crippen molar-refractivity contribution in [1.82, 2.24) is 5.32 Å². The average Bonchev–Trinajstić information content (AvgIpc) is 2.68. The number of hydrogen-bond donors (Lipinski definition) is 2. The van der Waals surface area contributed by atoms with Gasteiger partial charge in [-0.1, -0.05) is 0 Å². The molecule has 1 aliphatic heterocycles. The highest BCUT2D eigenvalue weighted by atomic mass is 32.1. The van der Waals surface area contributed by atoms with Crippen molar-refractivity contribution in [2.75, 3.05) is 19.0 Å². The molecule has 0 radical (unpaired) electrons. The third-order valence-corrected chi connectivity index (χ3v) is 5.19. The summed E-state index contributed by atoms with van der Waals surface area (Å²) in [6.45, 7) is 8.17. The molecule has 2 aromatic rings. The Labute approximate surface area is 182 Å². The monoisotopic (exact) mass is 428 g/mol. The highest BCUT2D eigenvalue weighted by Crippen LogP contribution is 2.41. The number of ether oxygens (including phenoxy) is 3. The van der Waals surface area contributed by atoms with E-state index >= 15 is 0 Å². The van der Waals surface area contributed by atoms with Crippen molar-refractivity contribution in [3.05, 3.63) is 53.1 Å². The first-order chi connectivity index (χ1) is 14.2. The number of thiocarbonyl (C=S) groups is 1. The van der Waals surface area contributed by atoms with E-state index in [1.54, 1.807) is 26.2 Å². The lowest BCUT2D eigenvalue weighted by molar-refractivity contribution is 0.0526. The van der Waals surface area contributed by atoms with Crippen molar-refractivity contribution in [2.24, 2.45) is 0 Å². The number of carbonyl (C=O) groups excluding carboxylic acids is 1. The summed E-state index contributed by atoms with van der Waals surface area (Å²) in [5.41, 5.74) is 2.95. The fraction of sp³-hybridized carbons (Fsp3) is 0.391. The van der Waals surface area contributed by atoms with Gasteiger partial charge in [0.1, 0.15) is 17.1 Å². The topological polar surface area (TPSA) is 68.8 Å². The summed E-state index contributed by atoms with van der Waals surface area (Å²) in [6, 6.07) is 11.2. The molecule has 2 aromatic carbocycles. The zero-order chi connectivity index (χ0) is 21.9. The normalized spacial score (nSPS) is 16.6. The van der Waals surface area contributed by atoms with Crippen LogP contribution in [-0.2, 0) is 4.74 Å². The minimum Gasteiger partial charge on any atom is -0.497 e. The molecule has 0 amide bonds.